The lowest BCUT2D eigenvalue weighted by molar-refractivity contribution is 0.322. The van der Waals surface area contributed by atoms with Crippen molar-refractivity contribution >= 4 is 17.1 Å². The molecular weight excluding hydrogens is 164 g/mol. The number of hydrogen-bond acceptors (Lipinski definition) is 2. The van der Waals surface area contributed by atoms with Gasteiger partial charge in [0.15, 0.2) is 0 Å². The van der Waals surface area contributed by atoms with Crippen LogP contribution in [0, 0.1) is 0 Å². The summed E-state index contributed by atoms with van der Waals surface area (Å²) in [5.74, 6) is 0. The van der Waals surface area contributed by atoms with Crippen molar-refractivity contribution in [2.45, 2.75) is 0 Å². The largest absolute Gasteiger partial charge is 0.411 e. The highest BCUT2D eigenvalue weighted by Crippen LogP contribution is 2.18. The van der Waals surface area contributed by atoms with Crippen LogP contribution in [0.2, 0.25) is 0 Å². The summed E-state index contributed by atoms with van der Waals surface area (Å²) in [6.45, 7) is 0. The minimum absolute atomic E-state index is 0.931. The first-order valence-corrected chi connectivity index (χ1v) is 4.04. The molecule has 1 N–H and O–H groups in total. The lowest BCUT2D eigenvalue weighted by Gasteiger charge is -1.92. The van der Waals surface area contributed by atoms with Gasteiger partial charge >= 0.3 is 0 Å². The molecule has 1 heterocycles. The van der Waals surface area contributed by atoms with Crippen LogP contribution in [0.5, 0.6) is 0 Å². The third-order valence-electron chi connectivity index (χ3n) is 2.12. The molecule has 0 aliphatic heterocycles. The number of nitrogens with zero attached hydrogens (tertiary/aromatic N) is 2. The van der Waals surface area contributed by atoms with Crippen LogP contribution >= 0.6 is 0 Å². The first-order chi connectivity index (χ1) is 6.33. The van der Waals surface area contributed by atoms with Gasteiger partial charge in [-0.1, -0.05) is 23.4 Å². The van der Waals surface area contributed by atoms with Gasteiger partial charge in [-0.25, -0.2) is 0 Å². The van der Waals surface area contributed by atoms with Gasteiger partial charge in [-0.05, 0) is 6.07 Å². The zero-order valence-electron chi connectivity index (χ0n) is 7.31. The van der Waals surface area contributed by atoms with Crippen molar-refractivity contribution in [3.63, 3.8) is 0 Å². The Labute approximate surface area is 75.9 Å². The summed E-state index contributed by atoms with van der Waals surface area (Å²) in [4.78, 5) is 0. The van der Waals surface area contributed by atoms with E-state index < -0.39 is 0 Å². The first kappa shape index (κ1) is 7.86. The molecule has 2 aromatic rings. The number of fused-ring (bicyclic) bond motifs is 1. The summed E-state index contributed by atoms with van der Waals surface area (Å²) < 4.78 is 2.01. The third-order valence-corrected chi connectivity index (χ3v) is 2.12. The Bertz CT molecular complexity index is 457. The summed E-state index contributed by atoms with van der Waals surface area (Å²) in [7, 11) is 1.97. The number of aromatic nitrogens is 1. The summed E-state index contributed by atoms with van der Waals surface area (Å²) >= 11 is 0. The van der Waals surface area contributed by atoms with Crippen LogP contribution in [0.1, 0.15) is 5.56 Å². The number of oxime groups is 1. The average molecular weight is 174 g/mol. The fraction of sp³-hybridized carbons (Fsp3) is 0.100. The molecule has 0 aliphatic carbocycles. The number of rotatable bonds is 1. The van der Waals surface area contributed by atoms with Gasteiger partial charge in [0, 0.05) is 29.7 Å². The van der Waals surface area contributed by atoms with E-state index in [0.29, 0.717) is 0 Å². The Morgan fingerprint density at radius 3 is 2.92 bits per heavy atom. The Morgan fingerprint density at radius 1 is 1.38 bits per heavy atom. The van der Waals surface area contributed by atoms with Crippen molar-refractivity contribution in [3.8, 4) is 0 Å². The molecule has 3 nitrogen and oxygen atoms in total. The number of aryl methyl sites for hydroxylation is 1. The first-order valence-electron chi connectivity index (χ1n) is 4.04. The van der Waals surface area contributed by atoms with Gasteiger partial charge < -0.3 is 9.77 Å². The standard InChI is InChI=1S/C10H10N2O/c1-12-7-8(6-11-13)9-4-2-3-5-10(9)12/h2-7,13H,1H3/b11-6-. The monoisotopic (exact) mass is 174 g/mol. The maximum Gasteiger partial charge on any atom is 0.0755 e. The summed E-state index contributed by atoms with van der Waals surface area (Å²) in [5, 5.41) is 12.6. The average Bonchev–Trinajstić information content (AvgIpc) is 2.46. The number of hydrogen-bond donors (Lipinski definition) is 1. The molecular formula is C10H10N2O. The zero-order chi connectivity index (χ0) is 9.26. The van der Waals surface area contributed by atoms with Crippen molar-refractivity contribution in [2.24, 2.45) is 12.2 Å². The molecule has 2 rings (SSSR count). The SMILES string of the molecule is Cn1cc(/C=N\O)c2ccccc21. The number of para-hydroxylation sites is 1. The van der Waals surface area contributed by atoms with E-state index in [0.717, 1.165) is 16.5 Å². The molecule has 13 heavy (non-hydrogen) atoms. The highest BCUT2D eigenvalue weighted by atomic mass is 16.4. The molecule has 0 aliphatic rings. The van der Waals surface area contributed by atoms with Gasteiger partial charge in [-0.3, -0.25) is 0 Å². The zero-order valence-corrected chi connectivity index (χ0v) is 7.31. The van der Waals surface area contributed by atoms with E-state index in [1.165, 1.54) is 6.21 Å². The Balaban J connectivity index is 2.77. The summed E-state index contributed by atoms with van der Waals surface area (Å²) in [6, 6.07) is 8.00. The molecule has 0 saturated heterocycles. The second-order valence-electron chi connectivity index (χ2n) is 2.96. The highest BCUT2D eigenvalue weighted by Gasteiger charge is 2.02. The van der Waals surface area contributed by atoms with Crippen LogP contribution in [0.4, 0.5) is 0 Å². The molecule has 0 amide bonds. The molecule has 0 spiro atoms. The van der Waals surface area contributed by atoms with Crippen LogP contribution in [-0.4, -0.2) is 16.0 Å². The van der Waals surface area contributed by atoms with Crippen molar-refractivity contribution < 1.29 is 5.21 Å². The lowest BCUT2D eigenvalue weighted by Crippen LogP contribution is -1.81. The molecule has 0 fully saturated rings. The van der Waals surface area contributed by atoms with E-state index in [-0.39, 0.29) is 0 Å². The van der Waals surface area contributed by atoms with Gasteiger partial charge in [0.05, 0.1) is 6.21 Å². The summed E-state index contributed by atoms with van der Waals surface area (Å²) in [5.41, 5.74) is 2.07. The topological polar surface area (TPSA) is 37.5 Å². The molecule has 0 saturated carbocycles. The maximum atomic E-state index is 8.45. The Kier molecular flexibility index (Phi) is 1.77. The van der Waals surface area contributed by atoms with E-state index in [1.807, 2.05) is 42.1 Å². The van der Waals surface area contributed by atoms with Crippen molar-refractivity contribution in [3.05, 3.63) is 36.0 Å². The molecule has 0 bridgehead atoms. The third kappa shape index (κ3) is 1.18. The van der Waals surface area contributed by atoms with Crippen molar-refractivity contribution in [1.29, 1.82) is 0 Å². The van der Waals surface area contributed by atoms with E-state index in [2.05, 4.69) is 5.16 Å². The molecule has 0 radical (unpaired) electrons. The van der Waals surface area contributed by atoms with Crippen LogP contribution in [0.3, 0.4) is 0 Å². The minimum atomic E-state index is 0.931. The van der Waals surface area contributed by atoms with E-state index in [9.17, 15) is 0 Å². The molecule has 66 valence electrons. The summed E-state index contributed by atoms with van der Waals surface area (Å²) in [6.07, 6.45) is 3.38. The highest BCUT2D eigenvalue weighted by molar-refractivity contribution is 5.99. The van der Waals surface area contributed by atoms with Crippen LogP contribution in [-0.2, 0) is 7.05 Å². The molecule has 0 unspecified atom stereocenters. The molecule has 3 heteroatoms. The van der Waals surface area contributed by atoms with E-state index in [1.54, 1.807) is 0 Å². The van der Waals surface area contributed by atoms with E-state index >= 15 is 0 Å². The Morgan fingerprint density at radius 2 is 2.15 bits per heavy atom. The quantitative estimate of drug-likeness (QED) is 0.400. The number of benzene rings is 1. The molecule has 1 aromatic carbocycles. The molecule has 0 atom stereocenters. The van der Waals surface area contributed by atoms with E-state index in [4.69, 9.17) is 5.21 Å². The minimum Gasteiger partial charge on any atom is -0.411 e. The van der Waals surface area contributed by atoms with Gasteiger partial charge in [0.2, 0.25) is 0 Å². The fourth-order valence-corrected chi connectivity index (χ4v) is 1.54. The predicted molar refractivity (Wildman–Crippen MR) is 52.3 cm³/mol. The fourth-order valence-electron chi connectivity index (χ4n) is 1.54. The normalized spacial score (nSPS) is 11.5. The maximum absolute atomic E-state index is 8.45. The molecule has 1 aromatic heterocycles. The smallest absolute Gasteiger partial charge is 0.0755 e. The second kappa shape index (κ2) is 2.94. The second-order valence-corrected chi connectivity index (χ2v) is 2.96. The predicted octanol–water partition coefficient (Wildman–Crippen LogP) is 1.99. The van der Waals surface area contributed by atoms with Crippen LogP contribution < -0.4 is 0 Å². The van der Waals surface area contributed by atoms with Gasteiger partial charge in [-0.2, -0.15) is 0 Å². The van der Waals surface area contributed by atoms with Crippen LogP contribution in [0.15, 0.2) is 35.6 Å². The van der Waals surface area contributed by atoms with Crippen molar-refractivity contribution in [2.75, 3.05) is 0 Å². The lowest BCUT2D eigenvalue weighted by atomic mass is 10.2. The van der Waals surface area contributed by atoms with Gasteiger partial charge in [-0.15, -0.1) is 0 Å². The van der Waals surface area contributed by atoms with Gasteiger partial charge in [0.1, 0.15) is 0 Å². The Hall–Kier alpha value is -1.77. The van der Waals surface area contributed by atoms with Gasteiger partial charge in [0.25, 0.3) is 0 Å². The van der Waals surface area contributed by atoms with Crippen LogP contribution in [0.25, 0.3) is 10.9 Å². The van der Waals surface area contributed by atoms with Crippen molar-refractivity contribution in [1.82, 2.24) is 4.57 Å².